The largest absolute Gasteiger partial charge is 0.497 e. The van der Waals surface area contributed by atoms with Crippen molar-refractivity contribution < 1.29 is 14.3 Å². The first kappa shape index (κ1) is 29.5. The van der Waals surface area contributed by atoms with Gasteiger partial charge in [0.15, 0.2) is 0 Å². The lowest BCUT2D eigenvalue weighted by atomic mass is 9.94. The first-order valence-electron chi connectivity index (χ1n) is 12.7. The van der Waals surface area contributed by atoms with Crippen LogP contribution < -0.4 is 15.4 Å². The average Bonchev–Trinajstić information content (AvgIpc) is 2.90. The van der Waals surface area contributed by atoms with Gasteiger partial charge in [-0.3, -0.25) is 9.59 Å². The molecule has 0 amide bonds. The van der Waals surface area contributed by atoms with Crippen molar-refractivity contribution in [2.24, 2.45) is 0 Å². The zero-order chi connectivity index (χ0) is 24.9. The van der Waals surface area contributed by atoms with Crippen LogP contribution in [0.1, 0.15) is 65.2 Å². The van der Waals surface area contributed by atoms with Crippen molar-refractivity contribution in [2.45, 2.75) is 77.3 Å². The van der Waals surface area contributed by atoms with Gasteiger partial charge in [0.05, 0.1) is 19.2 Å². The number of ether oxygens (including phenoxy) is 1. The number of nitrogens with one attached hydrogen (secondary N) is 2. The first-order valence-corrected chi connectivity index (χ1v) is 12.7. The van der Waals surface area contributed by atoms with Crippen LogP contribution in [0.3, 0.4) is 0 Å². The van der Waals surface area contributed by atoms with Gasteiger partial charge in [0, 0.05) is 12.8 Å². The lowest BCUT2D eigenvalue weighted by Crippen LogP contribution is -2.38. The van der Waals surface area contributed by atoms with Gasteiger partial charge in [-0.25, -0.2) is 0 Å². The average molecular weight is 469 g/mol. The molecular weight excluding hydrogens is 424 g/mol. The molecule has 0 heterocycles. The van der Waals surface area contributed by atoms with Gasteiger partial charge in [-0.05, 0) is 50.9 Å². The number of methoxy groups -OCH3 is 1. The summed E-state index contributed by atoms with van der Waals surface area (Å²) in [4.78, 5) is 22.2. The van der Waals surface area contributed by atoms with Crippen LogP contribution in [0, 0.1) is 0 Å². The van der Waals surface area contributed by atoms with E-state index in [1.165, 1.54) is 12.8 Å². The molecule has 0 radical (unpaired) electrons. The van der Waals surface area contributed by atoms with E-state index in [1.54, 1.807) is 7.11 Å². The Bertz CT molecular complexity index is 692. The number of Topliss-reactive ketones (excluding diaryl/α,β-unsaturated/α-hetero) is 2. The highest BCUT2D eigenvalue weighted by molar-refractivity contribution is 5.85. The standard InChI is InChI=1S/2C8H15NO.C7H8O.C6H6/c2*1-2-9-7-5-3-4-6-8(7)10;1-8-7-5-3-2-4-6-7;1-2-4-6-5-3-1/h2*7,9H,2-6H2,1H3;2-6H,1H3;1-6H. The number of carbonyl (C=O) groups is 2. The summed E-state index contributed by atoms with van der Waals surface area (Å²) in [5, 5.41) is 6.37. The lowest BCUT2D eigenvalue weighted by molar-refractivity contribution is -0.123. The highest BCUT2D eigenvalue weighted by atomic mass is 16.5. The summed E-state index contributed by atoms with van der Waals surface area (Å²) in [6.07, 6.45) is 8.29. The molecule has 0 aliphatic heterocycles. The van der Waals surface area contributed by atoms with Crippen LogP contribution in [0.4, 0.5) is 0 Å². The number of likely N-dealkylation sites (N-methyl/N-ethyl adjacent to an activating group) is 2. The van der Waals surface area contributed by atoms with E-state index >= 15 is 0 Å². The molecule has 2 aromatic carbocycles. The number of rotatable bonds is 5. The third-order valence-electron chi connectivity index (χ3n) is 5.66. The molecule has 2 aliphatic carbocycles. The Balaban J connectivity index is 0.000000230. The number of hydrogen-bond donors (Lipinski definition) is 2. The topological polar surface area (TPSA) is 67.4 Å². The first-order chi connectivity index (χ1) is 16.6. The second-order valence-corrected chi connectivity index (χ2v) is 8.32. The van der Waals surface area contributed by atoms with Crippen LogP contribution in [-0.4, -0.2) is 43.8 Å². The van der Waals surface area contributed by atoms with E-state index in [9.17, 15) is 9.59 Å². The minimum absolute atomic E-state index is 0.179. The van der Waals surface area contributed by atoms with Gasteiger partial charge in [0.2, 0.25) is 0 Å². The summed E-state index contributed by atoms with van der Waals surface area (Å²) in [6, 6.07) is 22.0. The number of benzene rings is 2. The Morgan fingerprint density at radius 3 is 1.35 bits per heavy atom. The third kappa shape index (κ3) is 13.9. The molecule has 0 spiro atoms. The van der Waals surface area contributed by atoms with Crippen molar-refractivity contribution in [1.29, 1.82) is 0 Å². The summed E-state index contributed by atoms with van der Waals surface area (Å²) >= 11 is 0. The van der Waals surface area contributed by atoms with Crippen LogP contribution in [0.25, 0.3) is 0 Å². The molecule has 5 nitrogen and oxygen atoms in total. The number of carbonyl (C=O) groups excluding carboxylic acids is 2. The van der Waals surface area contributed by atoms with E-state index in [0.29, 0.717) is 11.6 Å². The van der Waals surface area contributed by atoms with E-state index in [0.717, 1.165) is 57.4 Å². The summed E-state index contributed by atoms with van der Waals surface area (Å²) in [6.45, 7) is 5.91. The molecule has 188 valence electrons. The van der Waals surface area contributed by atoms with Crippen LogP contribution in [0.5, 0.6) is 5.75 Å². The molecule has 2 aliphatic rings. The van der Waals surface area contributed by atoms with E-state index in [2.05, 4.69) is 10.6 Å². The highest BCUT2D eigenvalue weighted by Crippen LogP contribution is 2.14. The molecule has 0 bridgehead atoms. The zero-order valence-electron chi connectivity index (χ0n) is 21.3. The number of ketones is 2. The fourth-order valence-electron chi connectivity index (χ4n) is 3.83. The molecule has 34 heavy (non-hydrogen) atoms. The number of para-hydroxylation sites is 1. The van der Waals surface area contributed by atoms with Gasteiger partial charge in [-0.1, -0.05) is 81.3 Å². The van der Waals surface area contributed by atoms with E-state index in [4.69, 9.17) is 4.74 Å². The second-order valence-electron chi connectivity index (χ2n) is 8.32. The molecule has 2 atom stereocenters. The summed E-state index contributed by atoms with van der Waals surface area (Å²) in [5.74, 6) is 1.73. The fraction of sp³-hybridized carbons (Fsp3) is 0.517. The Morgan fingerprint density at radius 1 is 0.676 bits per heavy atom. The van der Waals surface area contributed by atoms with Crippen molar-refractivity contribution in [3.63, 3.8) is 0 Å². The monoisotopic (exact) mass is 468 g/mol. The molecule has 0 saturated heterocycles. The molecule has 4 rings (SSSR count). The zero-order valence-corrected chi connectivity index (χ0v) is 21.3. The van der Waals surface area contributed by atoms with Crippen LogP contribution in [-0.2, 0) is 9.59 Å². The molecule has 2 N–H and O–H groups in total. The number of hydrogen-bond acceptors (Lipinski definition) is 5. The lowest BCUT2D eigenvalue weighted by Gasteiger charge is -2.20. The molecule has 5 heteroatoms. The third-order valence-corrected chi connectivity index (χ3v) is 5.66. The minimum Gasteiger partial charge on any atom is -0.497 e. The Hall–Kier alpha value is -2.50. The molecule has 2 unspecified atom stereocenters. The fourth-order valence-corrected chi connectivity index (χ4v) is 3.83. The maximum Gasteiger partial charge on any atom is 0.149 e. The van der Waals surface area contributed by atoms with Crippen molar-refractivity contribution in [2.75, 3.05) is 20.2 Å². The van der Waals surface area contributed by atoms with Crippen LogP contribution in [0.15, 0.2) is 66.7 Å². The van der Waals surface area contributed by atoms with E-state index < -0.39 is 0 Å². The SMILES string of the molecule is CCNC1CCCCC1=O.CCNC1CCCCC1=O.COc1ccccc1.c1ccccc1. The predicted molar refractivity (Wildman–Crippen MR) is 141 cm³/mol. The minimum atomic E-state index is 0.179. The second kappa shape index (κ2) is 19.9. The maximum absolute atomic E-state index is 11.1. The molecule has 2 aromatic rings. The van der Waals surface area contributed by atoms with Gasteiger partial charge < -0.3 is 15.4 Å². The van der Waals surface area contributed by atoms with Gasteiger partial charge in [-0.2, -0.15) is 0 Å². The van der Waals surface area contributed by atoms with Crippen molar-refractivity contribution in [3.05, 3.63) is 66.7 Å². The maximum atomic E-state index is 11.1. The predicted octanol–water partition coefficient (Wildman–Crippen LogP) is 5.60. The van der Waals surface area contributed by atoms with Crippen molar-refractivity contribution in [3.8, 4) is 5.75 Å². The molecular formula is C29H44N2O3. The van der Waals surface area contributed by atoms with E-state index in [1.807, 2.05) is 80.6 Å². The quantitative estimate of drug-likeness (QED) is 0.598. The van der Waals surface area contributed by atoms with Crippen LogP contribution in [0.2, 0.25) is 0 Å². The summed E-state index contributed by atoms with van der Waals surface area (Å²) in [7, 11) is 1.66. The summed E-state index contributed by atoms with van der Waals surface area (Å²) < 4.78 is 4.91. The van der Waals surface area contributed by atoms with E-state index in [-0.39, 0.29) is 12.1 Å². The van der Waals surface area contributed by atoms with Gasteiger partial charge in [0.25, 0.3) is 0 Å². The van der Waals surface area contributed by atoms with Gasteiger partial charge in [-0.15, -0.1) is 0 Å². The molecule has 2 saturated carbocycles. The van der Waals surface area contributed by atoms with Gasteiger partial charge in [0.1, 0.15) is 17.3 Å². The molecule has 2 fully saturated rings. The van der Waals surface area contributed by atoms with Crippen molar-refractivity contribution >= 4 is 11.6 Å². The van der Waals surface area contributed by atoms with Crippen molar-refractivity contribution in [1.82, 2.24) is 10.6 Å². The summed E-state index contributed by atoms with van der Waals surface area (Å²) in [5.41, 5.74) is 0. The Labute approximate surface area is 206 Å². The highest BCUT2D eigenvalue weighted by Gasteiger charge is 2.20. The molecule has 0 aromatic heterocycles. The normalized spacial score (nSPS) is 19.3. The smallest absolute Gasteiger partial charge is 0.149 e. The Morgan fingerprint density at radius 2 is 1.06 bits per heavy atom. The van der Waals surface area contributed by atoms with Crippen LogP contribution >= 0.6 is 0 Å². The van der Waals surface area contributed by atoms with Gasteiger partial charge >= 0.3 is 0 Å². The Kier molecular flexibility index (Phi) is 17.3.